The molecule has 1 saturated heterocycles. The van der Waals surface area contributed by atoms with Gasteiger partial charge in [0.15, 0.2) is 0 Å². The number of aromatic hydroxyl groups is 1. The fourth-order valence-corrected chi connectivity index (χ4v) is 2.80. The first-order valence-electron chi connectivity index (χ1n) is 8.91. The van der Waals surface area contributed by atoms with Gasteiger partial charge in [-0.25, -0.2) is 4.79 Å². The zero-order chi connectivity index (χ0) is 21.0. The lowest BCUT2D eigenvalue weighted by atomic mass is 9.99. The van der Waals surface area contributed by atoms with E-state index in [1.807, 2.05) is 0 Å². The van der Waals surface area contributed by atoms with E-state index in [0.717, 1.165) is 0 Å². The lowest BCUT2D eigenvalue weighted by molar-refractivity contribution is -0.277. The average Bonchev–Trinajstić information content (AvgIpc) is 2.74. The Hall–Kier alpha value is -2.69. The quantitative estimate of drug-likeness (QED) is 0.416. The number of benzene rings is 2. The van der Waals surface area contributed by atoms with Crippen LogP contribution in [-0.4, -0.2) is 68.8 Å². The first kappa shape index (κ1) is 21.0. The second-order valence-corrected chi connectivity index (χ2v) is 6.58. The first-order chi connectivity index (χ1) is 13.9. The van der Waals surface area contributed by atoms with Gasteiger partial charge in [-0.15, -0.1) is 0 Å². The summed E-state index contributed by atoms with van der Waals surface area (Å²) in [6.45, 7) is -0.532. The van der Waals surface area contributed by atoms with Crippen LogP contribution >= 0.6 is 0 Å². The highest BCUT2D eigenvalue weighted by Crippen LogP contribution is 2.25. The van der Waals surface area contributed by atoms with Gasteiger partial charge in [0.25, 0.3) is 0 Å². The predicted molar refractivity (Wildman–Crippen MR) is 98.1 cm³/mol. The third-order valence-electron chi connectivity index (χ3n) is 4.51. The van der Waals surface area contributed by atoms with Crippen molar-refractivity contribution >= 4 is 5.97 Å². The fourth-order valence-electron chi connectivity index (χ4n) is 2.80. The largest absolute Gasteiger partial charge is 0.508 e. The van der Waals surface area contributed by atoms with Crippen molar-refractivity contribution in [2.75, 3.05) is 6.61 Å². The van der Waals surface area contributed by atoms with E-state index in [-0.39, 0.29) is 17.9 Å². The van der Waals surface area contributed by atoms with Gasteiger partial charge in [0, 0.05) is 0 Å². The summed E-state index contributed by atoms with van der Waals surface area (Å²) in [5.74, 6) is -0.398. The van der Waals surface area contributed by atoms with Gasteiger partial charge >= 0.3 is 5.97 Å². The van der Waals surface area contributed by atoms with Crippen molar-refractivity contribution in [2.24, 2.45) is 0 Å². The minimum Gasteiger partial charge on any atom is -0.508 e. The highest BCUT2D eigenvalue weighted by molar-refractivity contribution is 5.89. The van der Waals surface area contributed by atoms with Crippen LogP contribution in [0.15, 0.2) is 48.5 Å². The number of hydrogen-bond acceptors (Lipinski definition) is 9. The summed E-state index contributed by atoms with van der Waals surface area (Å²) in [6, 6.07) is 11.7. The molecule has 1 aliphatic rings. The van der Waals surface area contributed by atoms with Gasteiger partial charge < -0.3 is 39.7 Å². The topological polar surface area (TPSA) is 146 Å². The summed E-state index contributed by atoms with van der Waals surface area (Å²) in [6.07, 6.45) is -7.08. The van der Waals surface area contributed by atoms with E-state index in [0.29, 0.717) is 11.3 Å². The Morgan fingerprint density at radius 2 is 1.59 bits per heavy atom. The first-order valence-corrected chi connectivity index (χ1v) is 8.91. The molecule has 0 spiro atoms. The third kappa shape index (κ3) is 5.03. The van der Waals surface area contributed by atoms with Crippen molar-refractivity contribution in [3.05, 3.63) is 59.7 Å². The number of phenolic OH excluding ortho intramolecular Hbond substituents is 1. The monoisotopic (exact) mass is 406 g/mol. The molecule has 1 fully saturated rings. The molecular weight excluding hydrogens is 384 g/mol. The standard InChI is InChI=1S/C20H22O9/c21-9-11-1-7-14(8-2-11)28-20-18(25)17(24)16(23)15(29-20)10-27-19(26)12-3-5-13(22)6-4-12/h1-8,15-18,20-25H,9-10H2/t15-,16-,17+,18-,20-/m1/s1. The Kier molecular flexibility index (Phi) is 6.68. The maximum atomic E-state index is 12.1. The van der Waals surface area contributed by atoms with Crippen LogP contribution in [0.3, 0.4) is 0 Å². The summed E-state index contributed by atoms with van der Waals surface area (Å²) >= 11 is 0. The Bertz CT molecular complexity index is 806. The molecule has 1 heterocycles. The number of hydrogen-bond donors (Lipinski definition) is 5. The van der Waals surface area contributed by atoms with Crippen molar-refractivity contribution in [1.82, 2.24) is 0 Å². The molecule has 2 aromatic rings. The smallest absolute Gasteiger partial charge is 0.338 e. The van der Waals surface area contributed by atoms with Crippen molar-refractivity contribution in [2.45, 2.75) is 37.3 Å². The summed E-state index contributed by atoms with van der Waals surface area (Å²) in [7, 11) is 0. The summed E-state index contributed by atoms with van der Waals surface area (Å²) in [4.78, 5) is 12.1. The molecule has 0 unspecified atom stereocenters. The van der Waals surface area contributed by atoms with Gasteiger partial charge in [-0.2, -0.15) is 0 Å². The number of aliphatic hydroxyl groups excluding tert-OH is 4. The predicted octanol–water partition coefficient (Wildman–Crippen LogP) is -0.0721. The zero-order valence-corrected chi connectivity index (χ0v) is 15.3. The van der Waals surface area contributed by atoms with Crippen LogP contribution < -0.4 is 4.74 Å². The number of ether oxygens (including phenoxy) is 3. The van der Waals surface area contributed by atoms with Crippen LogP contribution in [-0.2, 0) is 16.1 Å². The molecule has 9 heteroatoms. The Labute approximate surface area is 166 Å². The molecule has 3 rings (SSSR count). The van der Waals surface area contributed by atoms with E-state index < -0.39 is 43.3 Å². The molecule has 0 radical (unpaired) electrons. The molecule has 5 atom stereocenters. The molecule has 0 aliphatic carbocycles. The lowest BCUT2D eigenvalue weighted by Gasteiger charge is -2.39. The molecule has 1 aliphatic heterocycles. The molecule has 156 valence electrons. The number of aliphatic hydroxyl groups is 4. The van der Waals surface area contributed by atoms with Crippen LogP contribution in [0.1, 0.15) is 15.9 Å². The van der Waals surface area contributed by atoms with Crippen LogP contribution in [0.25, 0.3) is 0 Å². The molecule has 5 N–H and O–H groups in total. The van der Waals surface area contributed by atoms with Crippen LogP contribution in [0, 0.1) is 0 Å². The second kappa shape index (κ2) is 9.21. The van der Waals surface area contributed by atoms with E-state index >= 15 is 0 Å². The number of carbonyl (C=O) groups is 1. The highest BCUT2D eigenvalue weighted by atomic mass is 16.7. The summed E-state index contributed by atoms with van der Waals surface area (Å²) in [5, 5.41) is 48.7. The van der Waals surface area contributed by atoms with Gasteiger partial charge in [0.1, 0.15) is 42.5 Å². The van der Waals surface area contributed by atoms with Crippen LogP contribution in [0.5, 0.6) is 11.5 Å². The van der Waals surface area contributed by atoms with Crippen LogP contribution in [0.4, 0.5) is 0 Å². The van der Waals surface area contributed by atoms with Gasteiger partial charge in [-0.3, -0.25) is 0 Å². The molecule has 0 amide bonds. The maximum Gasteiger partial charge on any atom is 0.338 e. The van der Waals surface area contributed by atoms with E-state index in [1.54, 1.807) is 24.3 Å². The normalized spacial score (nSPS) is 26.7. The highest BCUT2D eigenvalue weighted by Gasteiger charge is 2.45. The molecule has 9 nitrogen and oxygen atoms in total. The zero-order valence-electron chi connectivity index (χ0n) is 15.3. The molecule has 2 aromatic carbocycles. The SMILES string of the molecule is O=C(OC[C@H]1O[C@@H](Oc2ccc(CO)cc2)[C@H](O)[C@@H](O)[C@@H]1O)c1ccc(O)cc1. The molecule has 0 bridgehead atoms. The number of rotatable bonds is 6. The summed E-state index contributed by atoms with van der Waals surface area (Å²) < 4.78 is 16.1. The summed E-state index contributed by atoms with van der Waals surface area (Å²) in [5.41, 5.74) is 0.849. The Morgan fingerprint density at radius 3 is 2.21 bits per heavy atom. The van der Waals surface area contributed by atoms with E-state index in [9.17, 15) is 25.2 Å². The van der Waals surface area contributed by atoms with Gasteiger partial charge in [0.2, 0.25) is 6.29 Å². The number of carbonyl (C=O) groups excluding carboxylic acids is 1. The van der Waals surface area contributed by atoms with Crippen molar-refractivity contribution in [1.29, 1.82) is 0 Å². The van der Waals surface area contributed by atoms with E-state index in [1.165, 1.54) is 24.3 Å². The Balaban J connectivity index is 1.63. The second-order valence-electron chi connectivity index (χ2n) is 6.58. The molecule has 29 heavy (non-hydrogen) atoms. The van der Waals surface area contributed by atoms with Crippen molar-refractivity contribution in [3.63, 3.8) is 0 Å². The number of esters is 1. The fraction of sp³-hybridized carbons (Fsp3) is 0.350. The molecule has 0 aromatic heterocycles. The van der Waals surface area contributed by atoms with Gasteiger partial charge in [0.05, 0.1) is 12.2 Å². The number of phenols is 1. The molecular formula is C20H22O9. The van der Waals surface area contributed by atoms with Crippen LogP contribution in [0.2, 0.25) is 0 Å². The Morgan fingerprint density at radius 1 is 0.931 bits per heavy atom. The van der Waals surface area contributed by atoms with Gasteiger partial charge in [-0.05, 0) is 42.0 Å². The van der Waals surface area contributed by atoms with E-state index in [2.05, 4.69) is 0 Å². The van der Waals surface area contributed by atoms with Crippen molar-refractivity contribution in [3.8, 4) is 11.5 Å². The third-order valence-corrected chi connectivity index (χ3v) is 4.51. The van der Waals surface area contributed by atoms with Crippen molar-refractivity contribution < 1.29 is 44.5 Å². The van der Waals surface area contributed by atoms with Gasteiger partial charge in [-0.1, -0.05) is 12.1 Å². The minimum atomic E-state index is -1.58. The maximum absolute atomic E-state index is 12.1. The molecule has 0 saturated carbocycles. The van der Waals surface area contributed by atoms with E-state index in [4.69, 9.17) is 19.3 Å². The average molecular weight is 406 g/mol. The lowest BCUT2D eigenvalue weighted by Crippen LogP contribution is -2.60. The minimum absolute atomic E-state index is 0.00305.